The van der Waals surface area contributed by atoms with Crippen LogP contribution < -0.4 is 4.72 Å². The number of benzene rings is 1. The van der Waals surface area contributed by atoms with E-state index in [0.29, 0.717) is 18.7 Å². The van der Waals surface area contributed by atoms with Gasteiger partial charge in [-0.3, -0.25) is 0 Å². The monoisotopic (exact) mass is 314 g/mol. The number of ether oxygens (including phenoxy) is 1. The molecule has 0 aromatic heterocycles. The lowest BCUT2D eigenvalue weighted by molar-refractivity contribution is -0.0156. The van der Waals surface area contributed by atoms with Crippen molar-refractivity contribution >= 4 is 10.0 Å². The Morgan fingerprint density at radius 2 is 2.10 bits per heavy atom. The topological polar surface area (TPSA) is 78.9 Å². The summed E-state index contributed by atoms with van der Waals surface area (Å²) in [5.41, 5.74) is 0.686. The molecule has 6 nitrogen and oxygen atoms in total. The van der Waals surface area contributed by atoms with Gasteiger partial charge in [0.2, 0.25) is 10.0 Å². The molecule has 21 heavy (non-hydrogen) atoms. The zero-order valence-electron chi connectivity index (χ0n) is 12.3. The Bertz CT molecular complexity index is 557. The second-order valence-electron chi connectivity index (χ2n) is 5.35. The molecule has 0 radical (unpaired) electrons. The van der Waals surface area contributed by atoms with Crippen molar-refractivity contribution in [2.45, 2.75) is 24.0 Å². The highest BCUT2D eigenvalue weighted by Gasteiger charge is 2.21. The Kier molecular flexibility index (Phi) is 5.34. The van der Waals surface area contributed by atoms with Gasteiger partial charge in [-0.25, -0.2) is 13.1 Å². The molecule has 0 aliphatic carbocycles. The number of nitrogens with zero attached hydrogens (tertiary/aromatic N) is 1. The Hall–Kier alpha value is -0.990. The maximum Gasteiger partial charge on any atom is 0.240 e. The third-order valence-corrected chi connectivity index (χ3v) is 4.96. The number of rotatable bonds is 5. The lowest BCUT2D eigenvalue weighted by Crippen LogP contribution is -2.45. The molecule has 1 aromatic carbocycles. The normalized spacial score (nSPS) is 22.1. The third kappa shape index (κ3) is 4.49. The fraction of sp³-hybridized carbons (Fsp3) is 0.571. The van der Waals surface area contributed by atoms with E-state index in [1.165, 1.54) is 12.1 Å². The molecule has 1 aromatic rings. The second kappa shape index (κ2) is 6.85. The minimum absolute atomic E-state index is 0.129. The second-order valence-corrected chi connectivity index (χ2v) is 7.12. The SMILES string of the molecule is CC(O)c1ccc(S(=O)(=O)NCC2CN(C)CCO2)cc1. The van der Waals surface area contributed by atoms with Crippen LogP contribution in [0.3, 0.4) is 0 Å². The van der Waals surface area contributed by atoms with Crippen LogP contribution in [0.2, 0.25) is 0 Å². The number of morpholine rings is 1. The molecular weight excluding hydrogens is 292 g/mol. The predicted molar refractivity (Wildman–Crippen MR) is 79.5 cm³/mol. The predicted octanol–water partition coefficient (Wildman–Crippen LogP) is 0.349. The number of aliphatic hydroxyl groups excluding tert-OH is 1. The molecule has 1 aliphatic heterocycles. The number of likely N-dealkylation sites (N-methyl/N-ethyl adjacent to an activating group) is 1. The van der Waals surface area contributed by atoms with Crippen LogP contribution in [0, 0.1) is 0 Å². The standard InChI is InChI=1S/C14H22N2O4S/c1-11(17)12-3-5-14(6-4-12)21(18,19)15-9-13-10-16(2)7-8-20-13/h3-6,11,13,15,17H,7-10H2,1-2H3. The summed E-state index contributed by atoms with van der Waals surface area (Å²) < 4.78 is 32.5. The van der Waals surface area contributed by atoms with E-state index in [9.17, 15) is 13.5 Å². The van der Waals surface area contributed by atoms with E-state index in [4.69, 9.17) is 4.74 Å². The van der Waals surface area contributed by atoms with Crippen molar-refractivity contribution in [3.63, 3.8) is 0 Å². The first-order valence-corrected chi connectivity index (χ1v) is 8.44. The summed E-state index contributed by atoms with van der Waals surface area (Å²) in [6, 6.07) is 6.23. The Morgan fingerprint density at radius 3 is 2.67 bits per heavy atom. The molecule has 0 saturated carbocycles. The average Bonchev–Trinajstić information content (AvgIpc) is 2.45. The molecule has 118 valence electrons. The van der Waals surface area contributed by atoms with Gasteiger partial charge in [-0.2, -0.15) is 0 Å². The van der Waals surface area contributed by atoms with Gasteiger partial charge in [-0.1, -0.05) is 12.1 Å². The summed E-state index contributed by atoms with van der Waals surface area (Å²) in [5, 5.41) is 9.43. The number of hydrogen-bond acceptors (Lipinski definition) is 5. The minimum Gasteiger partial charge on any atom is -0.389 e. The number of aliphatic hydroxyl groups is 1. The van der Waals surface area contributed by atoms with Crippen LogP contribution in [0.5, 0.6) is 0 Å². The third-order valence-electron chi connectivity index (χ3n) is 3.52. The van der Waals surface area contributed by atoms with Gasteiger partial charge in [0.25, 0.3) is 0 Å². The van der Waals surface area contributed by atoms with Crippen molar-refractivity contribution in [3.8, 4) is 0 Å². The number of sulfonamides is 1. The minimum atomic E-state index is -3.55. The van der Waals surface area contributed by atoms with Crippen LogP contribution in [-0.4, -0.2) is 57.8 Å². The van der Waals surface area contributed by atoms with Crippen LogP contribution in [0.1, 0.15) is 18.6 Å². The molecule has 1 heterocycles. The van der Waals surface area contributed by atoms with Crippen molar-refractivity contribution in [1.29, 1.82) is 0 Å². The van der Waals surface area contributed by atoms with Gasteiger partial charge in [0.1, 0.15) is 0 Å². The molecule has 2 unspecified atom stereocenters. The fourth-order valence-corrected chi connectivity index (χ4v) is 3.27. The highest BCUT2D eigenvalue weighted by molar-refractivity contribution is 7.89. The summed E-state index contributed by atoms with van der Waals surface area (Å²) >= 11 is 0. The molecule has 1 aliphatic rings. The average molecular weight is 314 g/mol. The van der Waals surface area contributed by atoms with Gasteiger partial charge in [0, 0.05) is 19.6 Å². The molecule has 7 heteroatoms. The lowest BCUT2D eigenvalue weighted by Gasteiger charge is -2.30. The molecular formula is C14H22N2O4S. The zero-order valence-corrected chi connectivity index (χ0v) is 13.1. The van der Waals surface area contributed by atoms with E-state index >= 15 is 0 Å². The largest absolute Gasteiger partial charge is 0.389 e. The maximum atomic E-state index is 12.2. The van der Waals surface area contributed by atoms with E-state index in [-0.39, 0.29) is 17.5 Å². The van der Waals surface area contributed by atoms with Gasteiger partial charge < -0.3 is 14.7 Å². The van der Waals surface area contributed by atoms with Crippen LogP contribution in [-0.2, 0) is 14.8 Å². The number of hydrogen-bond donors (Lipinski definition) is 2. The maximum absolute atomic E-state index is 12.2. The van der Waals surface area contributed by atoms with Gasteiger partial charge in [-0.05, 0) is 31.7 Å². The molecule has 0 spiro atoms. The summed E-state index contributed by atoms with van der Waals surface area (Å²) in [4.78, 5) is 2.30. The van der Waals surface area contributed by atoms with E-state index in [1.807, 2.05) is 7.05 Å². The molecule has 2 atom stereocenters. The lowest BCUT2D eigenvalue weighted by atomic mass is 10.1. The van der Waals surface area contributed by atoms with E-state index in [1.54, 1.807) is 19.1 Å². The first-order chi connectivity index (χ1) is 9.88. The van der Waals surface area contributed by atoms with Gasteiger partial charge in [0.05, 0.1) is 23.7 Å². The summed E-state index contributed by atoms with van der Waals surface area (Å²) in [6.07, 6.45) is -0.740. The smallest absolute Gasteiger partial charge is 0.240 e. The van der Waals surface area contributed by atoms with Crippen molar-refractivity contribution in [2.24, 2.45) is 0 Å². The quantitative estimate of drug-likeness (QED) is 0.820. The summed E-state index contributed by atoms with van der Waals surface area (Å²) in [6.45, 7) is 4.09. The van der Waals surface area contributed by atoms with Crippen molar-refractivity contribution in [1.82, 2.24) is 9.62 Å². The van der Waals surface area contributed by atoms with Gasteiger partial charge in [0.15, 0.2) is 0 Å². The van der Waals surface area contributed by atoms with Crippen LogP contribution in [0.25, 0.3) is 0 Å². The summed E-state index contributed by atoms with van der Waals surface area (Å²) in [7, 11) is -1.56. The zero-order chi connectivity index (χ0) is 15.5. The van der Waals surface area contributed by atoms with Crippen LogP contribution in [0.4, 0.5) is 0 Å². The van der Waals surface area contributed by atoms with Crippen molar-refractivity contribution in [2.75, 3.05) is 33.3 Å². The Morgan fingerprint density at radius 1 is 1.43 bits per heavy atom. The summed E-state index contributed by atoms with van der Waals surface area (Å²) in [5.74, 6) is 0. The van der Waals surface area contributed by atoms with Gasteiger partial charge >= 0.3 is 0 Å². The highest BCUT2D eigenvalue weighted by Crippen LogP contribution is 2.16. The van der Waals surface area contributed by atoms with Crippen molar-refractivity contribution in [3.05, 3.63) is 29.8 Å². The van der Waals surface area contributed by atoms with Gasteiger partial charge in [-0.15, -0.1) is 0 Å². The fourth-order valence-electron chi connectivity index (χ4n) is 2.20. The van der Waals surface area contributed by atoms with E-state index < -0.39 is 16.1 Å². The number of nitrogens with one attached hydrogen (secondary N) is 1. The Labute approximate surface area is 125 Å². The van der Waals surface area contributed by atoms with Crippen LogP contribution >= 0.6 is 0 Å². The highest BCUT2D eigenvalue weighted by atomic mass is 32.2. The molecule has 2 N–H and O–H groups in total. The molecule has 1 fully saturated rings. The van der Waals surface area contributed by atoms with Crippen LogP contribution in [0.15, 0.2) is 29.2 Å². The molecule has 2 rings (SSSR count). The van der Waals surface area contributed by atoms with E-state index in [2.05, 4.69) is 9.62 Å². The molecule has 0 bridgehead atoms. The Balaban J connectivity index is 1.97. The molecule has 0 amide bonds. The molecule has 1 saturated heterocycles. The van der Waals surface area contributed by atoms with Crippen molar-refractivity contribution < 1.29 is 18.3 Å². The first kappa shape index (κ1) is 16.4. The van der Waals surface area contributed by atoms with E-state index in [0.717, 1.165) is 6.54 Å². The first-order valence-electron chi connectivity index (χ1n) is 6.96.